The number of nitrogens with two attached hydrogens (primary N) is 1. The first-order chi connectivity index (χ1) is 11.4. The molecule has 0 amide bonds. The fourth-order valence-corrected chi connectivity index (χ4v) is 2.88. The summed E-state index contributed by atoms with van der Waals surface area (Å²) >= 11 is 5.56. The van der Waals surface area contributed by atoms with Gasteiger partial charge in [-0.15, -0.1) is 0 Å². The molecule has 5 nitrogen and oxygen atoms in total. The predicted octanol–water partition coefficient (Wildman–Crippen LogP) is 2.08. The summed E-state index contributed by atoms with van der Waals surface area (Å²) in [6, 6.07) is 6.07. The Hall–Kier alpha value is -1.31. The lowest BCUT2D eigenvalue weighted by atomic mass is 9.95. The van der Waals surface area contributed by atoms with Crippen LogP contribution in [0.4, 0.5) is 0 Å². The van der Waals surface area contributed by atoms with Gasteiger partial charge in [-0.25, -0.2) is 0 Å². The average Bonchev–Trinajstić information content (AvgIpc) is 2.57. The van der Waals surface area contributed by atoms with Crippen LogP contribution in [-0.2, 0) is 16.0 Å². The third-order valence-electron chi connectivity index (χ3n) is 3.72. The Bertz CT molecular complexity index is 574. The second-order valence-corrected chi connectivity index (χ2v) is 6.92. The maximum atomic E-state index is 12.2. The van der Waals surface area contributed by atoms with Gasteiger partial charge in [0, 0.05) is 24.2 Å². The Balaban J connectivity index is 2.68. The van der Waals surface area contributed by atoms with Crippen LogP contribution >= 0.6 is 24.4 Å². The number of rotatable bonds is 11. The average molecular weight is 370 g/mol. The fraction of sp³-hybridized carbons (Fsp3) is 0.471. The van der Waals surface area contributed by atoms with Crippen molar-refractivity contribution >= 4 is 41.9 Å². The molecule has 1 aromatic carbocycles. The van der Waals surface area contributed by atoms with Gasteiger partial charge in [0.15, 0.2) is 11.6 Å². The third kappa shape index (κ3) is 6.67. The molecule has 0 saturated carbocycles. The number of thiol groups is 1. The molecule has 0 aliphatic heterocycles. The molecule has 2 atom stereocenters. The third-order valence-corrected chi connectivity index (χ3v) is 4.75. The van der Waals surface area contributed by atoms with Crippen LogP contribution in [-0.4, -0.2) is 46.4 Å². The lowest BCUT2D eigenvalue weighted by Gasteiger charge is -2.11. The van der Waals surface area contributed by atoms with E-state index in [2.05, 4.69) is 12.6 Å². The molecule has 0 aliphatic rings. The number of carboxylic acids is 1. The highest BCUT2D eigenvalue weighted by atomic mass is 32.2. The van der Waals surface area contributed by atoms with Crippen molar-refractivity contribution in [3.05, 3.63) is 35.4 Å². The van der Waals surface area contributed by atoms with Gasteiger partial charge in [0.05, 0.1) is 12.0 Å². The number of carbonyl (C=O) groups excluding carboxylic acids is 2. The first kappa shape index (κ1) is 20.7. The first-order valence-corrected chi connectivity index (χ1v) is 9.64. The standard InChI is InChI=1S/C17H23NO4S2/c1-24-7-6-13(17(21)22)9-15(19)12-4-2-11(3-5-12)8-16(20)14(18)10-23/h2-5,13-14,23H,6-10,18H2,1H3,(H,21,22)/t13-,14-/m1/s1. The first-order valence-electron chi connectivity index (χ1n) is 7.62. The van der Waals surface area contributed by atoms with Crippen LogP contribution in [0.1, 0.15) is 28.8 Å². The monoisotopic (exact) mass is 369 g/mol. The summed E-state index contributed by atoms with van der Waals surface area (Å²) in [5.41, 5.74) is 6.86. The van der Waals surface area contributed by atoms with Crippen molar-refractivity contribution in [1.82, 2.24) is 0 Å². The van der Waals surface area contributed by atoms with Gasteiger partial charge in [0.25, 0.3) is 0 Å². The summed E-state index contributed by atoms with van der Waals surface area (Å²) in [5.74, 6) is -0.917. The molecule has 7 heteroatoms. The van der Waals surface area contributed by atoms with Gasteiger partial charge in [-0.3, -0.25) is 14.4 Å². The molecule has 0 heterocycles. The van der Waals surface area contributed by atoms with E-state index in [1.165, 1.54) is 0 Å². The zero-order valence-corrected chi connectivity index (χ0v) is 15.3. The Morgan fingerprint density at radius 3 is 2.38 bits per heavy atom. The molecule has 0 radical (unpaired) electrons. The summed E-state index contributed by atoms with van der Waals surface area (Å²) in [7, 11) is 0. The number of thioether (sulfide) groups is 1. The molecule has 1 rings (SSSR count). The number of carboxylic acid groups (broad SMARTS) is 1. The highest BCUT2D eigenvalue weighted by Crippen LogP contribution is 2.17. The summed E-state index contributed by atoms with van der Waals surface area (Å²) in [6.07, 6.45) is 2.55. The topological polar surface area (TPSA) is 97.5 Å². The molecule has 0 spiro atoms. The smallest absolute Gasteiger partial charge is 0.306 e. The van der Waals surface area contributed by atoms with E-state index < -0.39 is 17.9 Å². The van der Waals surface area contributed by atoms with Gasteiger partial charge >= 0.3 is 5.97 Å². The Morgan fingerprint density at radius 2 is 1.88 bits per heavy atom. The number of hydrogen-bond donors (Lipinski definition) is 3. The van der Waals surface area contributed by atoms with E-state index >= 15 is 0 Å². The minimum atomic E-state index is -0.944. The molecular weight excluding hydrogens is 346 g/mol. The van der Waals surface area contributed by atoms with Crippen molar-refractivity contribution in [2.75, 3.05) is 17.8 Å². The highest BCUT2D eigenvalue weighted by molar-refractivity contribution is 7.98. The quantitative estimate of drug-likeness (QED) is 0.408. The van der Waals surface area contributed by atoms with Gasteiger partial charge in [-0.2, -0.15) is 24.4 Å². The van der Waals surface area contributed by atoms with Gasteiger partial charge in [-0.05, 0) is 24.0 Å². The number of hydrogen-bond acceptors (Lipinski definition) is 6. The molecular formula is C17H23NO4S2. The van der Waals surface area contributed by atoms with Crippen molar-refractivity contribution in [2.45, 2.75) is 25.3 Å². The fourth-order valence-electron chi connectivity index (χ4n) is 2.16. The molecule has 0 aromatic heterocycles. The van der Waals surface area contributed by atoms with Crippen LogP contribution in [0.2, 0.25) is 0 Å². The second kappa shape index (κ2) is 10.5. The molecule has 24 heavy (non-hydrogen) atoms. The number of ketones is 2. The largest absolute Gasteiger partial charge is 0.481 e. The zero-order valence-electron chi connectivity index (χ0n) is 13.6. The normalized spacial score (nSPS) is 13.3. The van der Waals surface area contributed by atoms with Crippen molar-refractivity contribution < 1.29 is 19.5 Å². The molecule has 0 saturated heterocycles. The van der Waals surface area contributed by atoms with E-state index in [0.29, 0.717) is 23.5 Å². The minimum Gasteiger partial charge on any atom is -0.481 e. The molecule has 0 aliphatic carbocycles. The van der Waals surface area contributed by atoms with Gasteiger partial charge in [-0.1, -0.05) is 24.3 Å². The number of carbonyl (C=O) groups is 3. The second-order valence-electron chi connectivity index (χ2n) is 5.57. The summed E-state index contributed by atoms with van der Waals surface area (Å²) in [5, 5.41) is 9.20. The lowest BCUT2D eigenvalue weighted by molar-refractivity contribution is -0.141. The van der Waals surface area contributed by atoms with Crippen LogP contribution < -0.4 is 5.73 Å². The predicted molar refractivity (Wildman–Crippen MR) is 100 cm³/mol. The number of aliphatic carboxylic acids is 1. The minimum absolute atomic E-state index is 0.0152. The SMILES string of the molecule is CSCC[C@H](CC(=O)c1ccc(CC(=O)[C@H](N)CS)cc1)C(=O)O. The Kier molecular flexibility index (Phi) is 9.10. The summed E-state index contributed by atoms with van der Waals surface area (Å²) in [4.78, 5) is 35.2. The summed E-state index contributed by atoms with van der Waals surface area (Å²) in [6.45, 7) is 0. The molecule has 132 valence electrons. The molecule has 0 bridgehead atoms. The van der Waals surface area contributed by atoms with Crippen LogP contribution in [0, 0.1) is 5.92 Å². The van der Waals surface area contributed by atoms with E-state index in [0.717, 1.165) is 5.56 Å². The molecule has 0 unspecified atom stereocenters. The van der Waals surface area contributed by atoms with Crippen LogP contribution in [0.25, 0.3) is 0 Å². The van der Waals surface area contributed by atoms with Crippen LogP contribution in [0.3, 0.4) is 0 Å². The number of Topliss-reactive ketones (excluding diaryl/α,β-unsaturated/α-hetero) is 2. The van der Waals surface area contributed by atoms with E-state index in [9.17, 15) is 19.5 Å². The van der Waals surface area contributed by atoms with Crippen LogP contribution in [0.15, 0.2) is 24.3 Å². The van der Waals surface area contributed by atoms with Crippen molar-refractivity contribution in [2.24, 2.45) is 11.7 Å². The van der Waals surface area contributed by atoms with E-state index in [1.807, 2.05) is 6.26 Å². The Labute approximate surface area is 151 Å². The molecule has 3 N–H and O–H groups in total. The zero-order chi connectivity index (χ0) is 18.1. The van der Waals surface area contributed by atoms with Gasteiger partial charge < -0.3 is 10.8 Å². The molecule has 1 aromatic rings. The molecule has 0 fully saturated rings. The van der Waals surface area contributed by atoms with Gasteiger partial charge in [0.1, 0.15) is 0 Å². The Morgan fingerprint density at radius 1 is 1.25 bits per heavy atom. The maximum absolute atomic E-state index is 12.2. The van der Waals surface area contributed by atoms with Crippen molar-refractivity contribution in [3.8, 4) is 0 Å². The van der Waals surface area contributed by atoms with E-state index in [4.69, 9.17) is 5.73 Å². The maximum Gasteiger partial charge on any atom is 0.306 e. The van der Waals surface area contributed by atoms with E-state index in [1.54, 1.807) is 36.0 Å². The van der Waals surface area contributed by atoms with Gasteiger partial charge in [0.2, 0.25) is 0 Å². The van der Waals surface area contributed by atoms with Crippen molar-refractivity contribution in [3.63, 3.8) is 0 Å². The van der Waals surface area contributed by atoms with Crippen LogP contribution in [0.5, 0.6) is 0 Å². The van der Waals surface area contributed by atoms with Crippen molar-refractivity contribution in [1.29, 1.82) is 0 Å². The highest BCUT2D eigenvalue weighted by Gasteiger charge is 2.21. The lowest BCUT2D eigenvalue weighted by Crippen LogP contribution is -2.33. The number of benzene rings is 1. The summed E-state index contributed by atoms with van der Waals surface area (Å²) < 4.78 is 0. The van der Waals surface area contributed by atoms with E-state index in [-0.39, 0.29) is 24.4 Å².